The zero-order valence-electron chi connectivity index (χ0n) is 10.2. The lowest BCUT2D eigenvalue weighted by Crippen LogP contribution is -2.11. The molecule has 1 heterocycles. The second-order valence-corrected chi connectivity index (χ2v) is 4.41. The first-order valence-corrected chi connectivity index (χ1v) is 6.52. The van der Waals surface area contributed by atoms with E-state index in [4.69, 9.17) is 11.6 Å². The minimum absolute atomic E-state index is 0.0106. The fourth-order valence-electron chi connectivity index (χ4n) is 1.58. The molecule has 0 unspecified atom stereocenters. The van der Waals surface area contributed by atoms with Crippen molar-refractivity contribution in [1.29, 1.82) is 0 Å². The van der Waals surface area contributed by atoms with E-state index in [-0.39, 0.29) is 5.91 Å². The summed E-state index contributed by atoms with van der Waals surface area (Å²) in [6, 6.07) is 3.51. The van der Waals surface area contributed by atoms with Crippen LogP contribution in [-0.4, -0.2) is 10.9 Å². The lowest BCUT2D eigenvalue weighted by atomic mass is 10.1. The highest BCUT2D eigenvalue weighted by Gasteiger charge is 2.05. The Morgan fingerprint density at radius 1 is 1.35 bits per heavy atom. The minimum Gasteiger partial charge on any atom is -0.323 e. The summed E-state index contributed by atoms with van der Waals surface area (Å²) in [5, 5.41) is 3.11. The van der Waals surface area contributed by atoms with Gasteiger partial charge in [-0.25, -0.2) is 4.98 Å². The molecule has 0 saturated heterocycles. The van der Waals surface area contributed by atoms with Gasteiger partial charge in [0.15, 0.2) is 5.15 Å². The Hall–Kier alpha value is -1.09. The second-order valence-electron chi connectivity index (χ2n) is 4.05. The monoisotopic (exact) mass is 254 g/mol. The van der Waals surface area contributed by atoms with Crippen molar-refractivity contribution in [3.05, 3.63) is 23.5 Å². The number of unbranched alkanes of at least 4 members (excludes halogenated alkanes) is 4. The molecule has 1 aromatic heterocycles. The van der Waals surface area contributed by atoms with E-state index in [1.165, 1.54) is 19.3 Å². The molecular formula is C13H19ClN2O. The van der Waals surface area contributed by atoms with E-state index in [0.29, 0.717) is 17.3 Å². The van der Waals surface area contributed by atoms with Crippen LogP contribution < -0.4 is 5.32 Å². The highest BCUT2D eigenvalue weighted by atomic mass is 35.5. The Morgan fingerprint density at radius 3 is 2.82 bits per heavy atom. The number of rotatable bonds is 7. The molecule has 17 heavy (non-hydrogen) atoms. The fraction of sp³-hybridized carbons (Fsp3) is 0.538. The molecule has 4 heteroatoms. The van der Waals surface area contributed by atoms with Gasteiger partial charge in [-0.05, 0) is 18.6 Å². The Labute approximate surface area is 108 Å². The van der Waals surface area contributed by atoms with Crippen LogP contribution >= 0.6 is 11.6 Å². The molecule has 1 N–H and O–H groups in total. The molecule has 0 aliphatic rings. The number of carbonyl (C=O) groups excluding carboxylic acids is 1. The van der Waals surface area contributed by atoms with Crippen molar-refractivity contribution in [3.63, 3.8) is 0 Å². The third-order valence-corrected chi connectivity index (χ3v) is 2.84. The van der Waals surface area contributed by atoms with Crippen LogP contribution in [0.1, 0.15) is 45.4 Å². The third-order valence-electron chi connectivity index (χ3n) is 2.54. The largest absolute Gasteiger partial charge is 0.323 e. The van der Waals surface area contributed by atoms with Crippen molar-refractivity contribution in [1.82, 2.24) is 4.98 Å². The number of aromatic nitrogens is 1. The lowest BCUT2D eigenvalue weighted by Gasteiger charge is -2.05. The number of hydrogen-bond donors (Lipinski definition) is 1. The topological polar surface area (TPSA) is 42.0 Å². The van der Waals surface area contributed by atoms with Gasteiger partial charge in [-0.2, -0.15) is 0 Å². The summed E-state index contributed by atoms with van der Waals surface area (Å²) in [6.07, 6.45) is 7.87. The van der Waals surface area contributed by atoms with Crippen LogP contribution in [0.25, 0.3) is 0 Å². The van der Waals surface area contributed by atoms with Crippen LogP contribution in [0.3, 0.4) is 0 Å². The number of nitrogens with one attached hydrogen (secondary N) is 1. The molecule has 1 amide bonds. The van der Waals surface area contributed by atoms with Crippen molar-refractivity contribution in [3.8, 4) is 0 Å². The third kappa shape index (κ3) is 5.68. The van der Waals surface area contributed by atoms with Gasteiger partial charge < -0.3 is 5.32 Å². The molecule has 0 bridgehead atoms. The number of pyridine rings is 1. The molecule has 0 aromatic carbocycles. The molecule has 94 valence electrons. The van der Waals surface area contributed by atoms with E-state index >= 15 is 0 Å². The summed E-state index contributed by atoms with van der Waals surface area (Å²) >= 11 is 5.85. The van der Waals surface area contributed by atoms with Crippen LogP contribution in [-0.2, 0) is 4.79 Å². The molecule has 0 fully saturated rings. The van der Waals surface area contributed by atoms with Crippen molar-refractivity contribution in [2.45, 2.75) is 45.4 Å². The zero-order chi connectivity index (χ0) is 12.5. The number of carbonyl (C=O) groups is 1. The maximum atomic E-state index is 11.6. The summed E-state index contributed by atoms with van der Waals surface area (Å²) in [5.41, 5.74) is 0.590. The zero-order valence-corrected chi connectivity index (χ0v) is 11.0. The highest BCUT2D eigenvalue weighted by Crippen LogP contribution is 2.17. The summed E-state index contributed by atoms with van der Waals surface area (Å²) in [6.45, 7) is 2.18. The van der Waals surface area contributed by atoms with Gasteiger partial charge in [-0.15, -0.1) is 0 Å². The average molecular weight is 255 g/mol. The van der Waals surface area contributed by atoms with Crippen molar-refractivity contribution in [2.75, 3.05) is 5.32 Å². The predicted molar refractivity (Wildman–Crippen MR) is 71.3 cm³/mol. The lowest BCUT2D eigenvalue weighted by molar-refractivity contribution is -0.116. The van der Waals surface area contributed by atoms with Crippen LogP contribution in [0.4, 0.5) is 5.69 Å². The van der Waals surface area contributed by atoms with E-state index in [0.717, 1.165) is 12.8 Å². The van der Waals surface area contributed by atoms with Gasteiger partial charge in [0.2, 0.25) is 5.91 Å². The Morgan fingerprint density at radius 2 is 2.12 bits per heavy atom. The SMILES string of the molecule is CCCCCCCC(=O)Nc1cccnc1Cl. The van der Waals surface area contributed by atoms with Crippen LogP contribution in [0.15, 0.2) is 18.3 Å². The first-order chi connectivity index (χ1) is 8.24. The quantitative estimate of drug-likeness (QED) is 0.590. The molecule has 0 aliphatic carbocycles. The van der Waals surface area contributed by atoms with E-state index in [1.54, 1.807) is 18.3 Å². The maximum absolute atomic E-state index is 11.6. The average Bonchev–Trinajstić information content (AvgIpc) is 2.32. The van der Waals surface area contributed by atoms with Gasteiger partial charge in [0.25, 0.3) is 0 Å². The summed E-state index contributed by atoms with van der Waals surface area (Å²) in [5.74, 6) is 0.0106. The van der Waals surface area contributed by atoms with Crippen molar-refractivity contribution < 1.29 is 4.79 Å². The van der Waals surface area contributed by atoms with E-state index in [1.807, 2.05) is 0 Å². The molecule has 0 aliphatic heterocycles. The molecule has 0 radical (unpaired) electrons. The van der Waals surface area contributed by atoms with Crippen LogP contribution in [0, 0.1) is 0 Å². The number of amides is 1. The van der Waals surface area contributed by atoms with Gasteiger partial charge in [0, 0.05) is 12.6 Å². The van der Waals surface area contributed by atoms with Gasteiger partial charge in [-0.1, -0.05) is 44.2 Å². The van der Waals surface area contributed by atoms with E-state index < -0.39 is 0 Å². The van der Waals surface area contributed by atoms with Gasteiger partial charge in [0.1, 0.15) is 0 Å². The molecular weight excluding hydrogens is 236 g/mol. The second kappa shape index (κ2) is 8.07. The van der Waals surface area contributed by atoms with Crippen molar-refractivity contribution in [2.24, 2.45) is 0 Å². The number of hydrogen-bond acceptors (Lipinski definition) is 2. The van der Waals surface area contributed by atoms with E-state index in [9.17, 15) is 4.79 Å². The molecule has 3 nitrogen and oxygen atoms in total. The standard InChI is InChI=1S/C13H19ClN2O/c1-2-3-4-5-6-9-12(17)16-11-8-7-10-15-13(11)14/h7-8,10H,2-6,9H2,1H3,(H,16,17). The normalized spacial score (nSPS) is 10.2. The van der Waals surface area contributed by atoms with Gasteiger partial charge in [-0.3, -0.25) is 4.79 Å². The molecule has 1 rings (SSSR count). The molecule has 0 spiro atoms. The van der Waals surface area contributed by atoms with Crippen LogP contribution in [0.2, 0.25) is 5.15 Å². The summed E-state index contributed by atoms with van der Waals surface area (Å²) < 4.78 is 0. The van der Waals surface area contributed by atoms with Crippen LogP contribution in [0.5, 0.6) is 0 Å². The van der Waals surface area contributed by atoms with Gasteiger partial charge in [0.05, 0.1) is 5.69 Å². The van der Waals surface area contributed by atoms with Gasteiger partial charge >= 0.3 is 0 Å². The fourth-order valence-corrected chi connectivity index (χ4v) is 1.75. The summed E-state index contributed by atoms with van der Waals surface area (Å²) in [4.78, 5) is 15.5. The maximum Gasteiger partial charge on any atom is 0.224 e. The predicted octanol–water partition coefficient (Wildman–Crippen LogP) is 4.03. The molecule has 0 saturated carbocycles. The Kier molecular flexibility index (Phi) is 6.63. The smallest absolute Gasteiger partial charge is 0.224 e. The minimum atomic E-state index is 0.0106. The highest BCUT2D eigenvalue weighted by molar-refractivity contribution is 6.32. The molecule has 0 atom stereocenters. The number of nitrogens with zero attached hydrogens (tertiary/aromatic N) is 1. The number of anilines is 1. The Bertz CT molecular complexity index is 355. The van der Waals surface area contributed by atoms with E-state index in [2.05, 4.69) is 17.2 Å². The summed E-state index contributed by atoms with van der Waals surface area (Å²) in [7, 11) is 0. The number of halogens is 1. The Balaban J connectivity index is 2.23. The first kappa shape index (κ1) is 14.0. The molecule has 1 aromatic rings. The van der Waals surface area contributed by atoms with Crippen molar-refractivity contribution >= 4 is 23.2 Å². The first-order valence-electron chi connectivity index (χ1n) is 6.14.